The number of aromatic nitrogens is 2. The van der Waals surface area contributed by atoms with Gasteiger partial charge in [-0.3, -0.25) is 14.6 Å². The quantitative estimate of drug-likeness (QED) is 0.423. The number of fused-ring (bicyclic) bond motifs is 3. The van der Waals surface area contributed by atoms with E-state index in [2.05, 4.69) is 15.3 Å². The fourth-order valence-electron chi connectivity index (χ4n) is 3.97. The molecule has 6 heteroatoms. The second-order valence-corrected chi connectivity index (χ2v) is 7.65. The average molecular weight is 420 g/mol. The van der Waals surface area contributed by atoms with Gasteiger partial charge >= 0.3 is 0 Å². The van der Waals surface area contributed by atoms with E-state index in [9.17, 15) is 9.59 Å². The number of nitrogens with two attached hydrogens (primary N) is 1. The van der Waals surface area contributed by atoms with Crippen LogP contribution in [0.5, 0.6) is 0 Å². The maximum atomic E-state index is 13.4. The summed E-state index contributed by atoms with van der Waals surface area (Å²) in [5.41, 5.74) is 9.06. The zero-order chi connectivity index (χ0) is 22.1. The molecule has 3 N–H and O–H groups in total. The first-order valence-corrected chi connectivity index (χ1v) is 10.3. The van der Waals surface area contributed by atoms with E-state index in [-0.39, 0.29) is 12.3 Å². The molecule has 0 spiro atoms. The molecule has 2 aromatic heterocycles. The lowest BCUT2D eigenvalue weighted by molar-refractivity contribution is -0.119. The SMILES string of the molecule is NC(=O)[C@@H](Cc1ccc2ccccc2n1)NC(=O)c1c2ccccc2nc2ccccc12. The van der Waals surface area contributed by atoms with Crippen LogP contribution >= 0.6 is 0 Å². The van der Waals surface area contributed by atoms with Crippen molar-refractivity contribution >= 4 is 44.5 Å². The van der Waals surface area contributed by atoms with Crippen LogP contribution in [0.3, 0.4) is 0 Å². The van der Waals surface area contributed by atoms with Crippen molar-refractivity contribution in [3.8, 4) is 0 Å². The number of hydrogen-bond acceptors (Lipinski definition) is 4. The number of carbonyl (C=O) groups excluding carboxylic acids is 2. The lowest BCUT2D eigenvalue weighted by Gasteiger charge is -2.17. The first kappa shape index (κ1) is 19.6. The Labute approximate surface area is 184 Å². The summed E-state index contributed by atoms with van der Waals surface area (Å²) in [6.07, 6.45) is 0.201. The number of nitrogens with one attached hydrogen (secondary N) is 1. The van der Waals surface area contributed by atoms with Gasteiger partial charge in [-0.05, 0) is 24.3 Å². The van der Waals surface area contributed by atoms with Gasteiger partial charge in [-0.2, -0.15) is 0 Å². The highest BCUT2D eigenvalue weighted by atomic mass is 16.2. The van der Waals surface area contributed by atoms with Crippen LogP contribution in [0.4, 0.5) is 0 Å². The molecule has 0 unspecified atom stereocenters. The van der Waals surface area contributed by atoms with Gasteiger partial charge in [-0.15, -0.1) is 0 Å². The van der Waals surface area contributed by atoms with E-state index in [1.807, 2.05) is 84.9 Å². The molecule has 0 radical (unpaired) electrons. The number of pyridine rings is 2. The minimum Gasteiger partial charge on any atom is -0.368 e. The Balaban J connectivity index is 1.51. The van der Waals surface area contributed by atoms with E-state index in [0.717, 1.165) is 21.7 Å². The highest BCUT2D eigenvalue weighted by molar-refractivity contribution is 6.16. The summed E-state index contributed by atoms with van der Waals surface area (Å²) in [7, 11) is 0. The van der Waals surface area contributed by atoms with E-state index in [1.54, 1.807) is 0 Å². The monoisotopic (exact) mass is 420 g/mol. The van der Waals surface area contributed by atoms with Crippen LogP contribution in [-0.2, 0) is 11.2 Å². The molecular formula is C26H20N4O2. The van der Waals surface area contributed by atoms with Crippen LogP contribution in [0.1, 0.15) is 16.1 Å². The smallest absolute Gasteiger partial charge is 0.253 e. The molecule has 2 amide bonds. The summed E-state index contributed by atoms with van der Waals surface area (Å²) in [6.45, 7) is 0. The second-order valence-electron chi connectivity index (χ2n) is 7.65. The third-order valence-electron chi connectivity index (χ3n) is 5.53. The second kappa shape index (κ2) is 8.07. The molecular weight excluding hydrogens is 400 g/mol. The molecule has 156 valence electrons. The Morgan fingerprint density at radius 3 is 2.00 bits per heavy atom. The maximum Gasteiger partial charge on any atom is 0.253 e. The van der Waals surface area contributed by atoms with Gasteiger partial charge in [0.05, 0.1) is 22.1 Å². The minimum absolute atomic E-state index is 0.201. The van der Waals surface area contributed by atoms with Gasteiger partial charge in [0.2, 0.25) is 5.91 Å². The van der Waals surface area contributed by atoms with Crippen molar-refractivity contribution in [1.29, 1.82) is 0 Å². The Morgan fingerprint density at radius 1 is 0.750 bits per heavy atom. The molecule has 5 aromatic rings. The number of para-hydroxylation sites is 3. The molecule has 32 heavy (non-hydrogen) atoms. The van der Waals surface area contributed by atoms with Crippen LogP contribution in [0.2, 0.25) is 0 Å². The molecule has 1 atom stereocenters. The van der Waals surface area contributed by atoms with Crippen molar-refractivity contribution in [1.82, 2.24) is 15.3 Å². The van der Waals surface area contributed by atoms with E-state index in [4.69, 9.17) is 5.73 Å². The summed E-state index contributed by atoms with van der Waals surface area (Å²) in [5.74, 6) is -0.986. The highest BCUT2D eigenvalue weighted by Crippen LogP contribution is 2.26. The van der Waals surface area contributed by atoms with Gasteiger partial charge in [0, 0.05) is 28.3 Å². The predicted octanol–water partition coefficient (Wildman–Crippen LogP) is 3.76. The summed E-state index contributed by atoms with van der Waals surface area (Å²) < 4.78 is 0. The number of rotatable bonds is 5. The number of amides is 2. The van der Waals surface area contributed by atoms with Gasteiger partial charge in [0.1, 0.15) is 6.04 Å². The van der Waals surface area contributed by atoms with Gasteiger partial charge in [-0.1, -0.05) is 60.7 Å². The largest absolute Gasteiger partial charge is 0.368 e. The molecule has 3 aromatic carbocycles. The number of benzene rings is 3. The van der Waals surface area contributed by atoms with E-state index in [0.29, 0.717) is 22.3 Å². The molecule has 6 nitrogen and oxygen atoms in total. The van der Waals surface area contributed by atoms with Crippen LogP contribution in [0.15, 0.2) is 84.9 Å². The van der Waals surface area contributed by atoms with Crippen LogP contribution in [0, 0.1) is 0 Å². The van der Waals surface area contributed by atoms with Gasteiger partial charge in [0.15, 0.2) is 0 Å². The first-order valence-electron chi connectivity index (χ1n) is 10.3. The van der Waals surface area contributed by atoms with Gasteiger partial charge in [-0.25, -0.2) is 4.98 Å². The van der Waals surface area contributed by atoms with Crippen molar-refractivity contribution in [2.45, 2.75) is 12.5 Å². The number of hydrogen-bond donors (Lipinski definition) is 2. The molecule has 0 aliphatic carbocycles. The van der Waals surface area contributed by atoms with Crippen LogP contribution in [-0.4, -0.2) is 27.8 Å². The Hall–Kier alpha value is -4.32. The molecule has 0 saturated carbocycles. The fourth-order valence-corrected chi connectivity index (χ4v) is 3.97. The molecule has 0 saturated heterocycles. The first-order chi connectivity index (χ1) is 15.6. The lowest BCUT2D eigenvalue weighted by Crippen LogP contribution is -2.46. The Morgan fingerprint density at radius 2 is 1.34 bits per heavy atom. The van der Waals surface area contributed by atoms with Crippen molar-refractivity contribution in [2.75, 3.05) is 0 Å². The van der Waals surface area contributed by atoms with Crippen LogP contribution in [0.25, 0.3) is 32.7 Å². The Bertz CT molecular complexity index is 1440. The van der Waals surface area contributed by atoms with Crippen molar-refractivity contribution in [2.24, 2.45) is 5.73 Å². The van der Waals surface area contributed by atoms with Crippen LogP contribution < -0.4 is 11.1 Å². The predicted molar refractivity (Wildman–Crippen MR) is 125 cm³/mol. The zero-order valence-corrected chi connectivity index (χ0v) is 17.2. The highest BCUT2D eigenvalue weighted by Gasteiger charge is 2.23. The van der Waals surface area contributed by atoms with Crippen molar-refractivity contribution in [3.63, 3.8) is 0 Å². The summed E-state index contributed by atoms with van der Waals surface area (Å²) in [5, 5.41) is 5.27. The number of primary amides is 1. The molecule has 2 heterocycles. The summed E-state index contributed by atoms with van der Waals surface area (Å²) in [4.78, 5) is 34.9. The summed E-state index contributed by atoms with van der Waals surface area (Å²) >= 11 is 0. The third-order valence-corrected chi connectivity index (χ3v) is 5.53. The molecule has 0 aliphatic heterocycles. The van der Waals surface area contributed by atoms with E-state index < -0.39 is 11.9 Å². The zero-order valence-electron chi connectivity index (χ0n) is 17.2. The van der Waals surface area contributed by atoms with Crippen molar-refractivity contribution in [3.05, 3.63) is 96.2 Å². The topological polar surface area (TPSA) is 98.0 Å². The van der Waals surface area contributed by atoms with Gasteiger partial charge in [0.25, 0.3) is 5.91 Å². The normalized spacial score (nSPS) is 12.1. The van der Waals surface area contributed by atoms with Gasteiger partial charge < -0.3 is 11.1 Å². The van der Waals surface area contributed by atoms with E-state index >= 15 is 0 Å². The third kappa shape index (κ3) is 3.63. The fraction of sp³-hybridized carbons (Fsp3) is 0.0769. The lowest BCUT2D eigenvalue weighted by atomic mass is 10.0. The minimum atomic E-state index is -0.901. The number of nitrogens with zero attached hydrogens (tertiary/aromatic N) is 2. The maximum absolute atomic E-state index is 13.4. The molecule has 5 rings (SSSR count). The molecule has 0 fully saturated rings. The molecule has 0 bridgehead atoms. The van der Waals surface area contributed by atoms with Crippen molar-refractivity contribution < 1.29 is 9.59 Å². The average Bonchev–Trinajstić information content (AvgIpc) is 2.81. The van der Waals surface area contributed by atoms with E-state index in [1.165, 1.54) is 0 Å². The standard InChI is InChI=1S/C26H20N4O2/c27-25(31)23(15-17-14-13-16-7-1-4-10-20(16)28-17)30-26(32)24-18-8-2-5-11-21(18)29-22-12-6-3-9-19(22)24/h1-14,23H,15H2,(H2,27,31)(H,30,32)/t23-/m1/s1. The molecule has 0 aliphatic rings. The number of carbonyl (C=O) groups is 2. The summed E-state index contributed by atoms with van der Waals surface area (Å²) in [6, 6.07) is 25.5. The Kier molecular flexibility index (Phi) is 4.95.